The molecule has 7 heteroatoms. The number of aryl methyl sites for hydroxylation is 2. The zero-order valence-electron chi connectivity index (χ0n) is 15.4. The topological polar surface area (TPSA) is 63.5 Å². The van der Waals surface area contributed by atoms with E-state index in [0.717, 1.165) is 42.6 Å². The molecule has 0 atom stereocenters. The van der Waals surface area contributed by atoms with Crippen molar-refractivity contribution in [3.63, 3.8) is 0 Å². The number of halogens is 1. The number of ether oxygens (including phenoxy) is 1. The summed E-state index contributed by atoms with van der Waals surface area (Å²) >= 11 is 0. The monoisotopic (exact) mass is 457 g/mol. The number of hydrogen-bond donors (Lipinski definition) is 2. The molecule has 0 unspecified atom stereocenters. The third kappa shape index (κ3) is 6.32. The van der Waals surface area contributed by atoms with E-state index in [1.54, 1.807) is 14.2 Å². The molecule has 0 aliphatic carbocycles. The first kappa shape index (κ1) is 21.4. The van der Waals surface area contributed by atoms with E-state index in [4.69, 9.17) is 4.74 Å². The van der Waals surface area contributed by atoms with E-state index in [-0.39, 0.29) is 24.0 Å². The number of benzene rings is 1. The van der Waals surface area contributed by atoms with Gasteiger partial charge in [0.25, 0.3) is 0 Å². The molecule has 0 aliphatic rings. The Kier molecular flexibility index (Phi) is 9.51. The average molecular weight is 457 g/mol. The van der Waals surface area contributed by atoms with Crippen molar-refractivity contribution in [3.05, 3.63) is 47.3 Å². The molecule has 2 rings (SSSR count). The molecule has 0 radical (unpaired) electrons. The van der Waals surface area contributed by atoms with Crippen LogP contribution in [0.1, 0.15) is 23.4 Å². The maximum atomic E-state index is 5.05. The van der Waals surface area contributed by atoms with E-state index in [9.17, 15) is 0 Å². The molecule has 1 aromatic carbocycles. The van der Waals surface area contributed by atoms with Crippen LogP contribution in [0.5, 0.6) is 0 Å². The number of rotatable bonds is 7. The van der Waals surface area contributed by atoms with Crippen molar-refractivity contribution in [3.8, 4) is 5.69 Å². The van der Waals surface area contributed by atoms with Crippen LogP contribution in [0.2, 0.25) is 0 Å². The molecule has 0 bridgehead atoms. The standard InChI is InChI=1S/C18H27N5O.HI/c1-14-12-15(2)23(22-14)17-9-6-5-8-16(17)13-21-18(19-3)20-10-7-11-24-4;/h5-6,8-9,12H,7,10-11,13H2,1-4H3,(H2,19,20,21);1H. The van der Waals surface area contributed by atoms with Gasteiger partial charge in [-0.2, -0.15) is 5.10 Å². The Bertz CT molecular complexity index is 684. The molecule has 1 aromatic heterocycles. The van der Waals surface area contributed by atoms with Crippen molar-refractivity contribution in [1.82, 2.24) is 20.4 Å². The van der Waals surface area contributed by atoms with Gasteiger partial charge in [-0.15, -0.1) is 24.0 Å². The number of methoxy groups -OCH3 is 1. The molecule has 0 amide bonds. The van der Waals surface area contributed by atoms with E-state index in [1.807, 2.05) is 23.7 Å². The van der Waals surface area contributed by atoms with Gasteiger partial charge < -0.3 is 15.4 Å². The van der Waals surface area contributed by atoms with Crippen molar-refractivity contribution in [2.45, 2.75) is 26.8 Å². The van der Waals surface area contributed by atoms with Crippen LogP contribution in [-0.4, -0.2) is 43.0 Å². The summed E-state index contributed by atoms with van der Waals surface area (Å²) in [7, 11) is 3.49. The molecule has 0 spiro atoms. The highest BCUT2D eigenvalue weighted by Crippen LogP contribution is 2.16. The van der Waals surface area contributed by atoms with Gasteiger partial charge in [0.15, 0.2) is 5.96 Å². The first-order chi connectivity index (χ1) is 11.7. The highest BCUT2D eigenvalue weighted by Gasteiger charge is 2.09. The van der Waals surface area contributed by atoms with E-state index in [2.05, 4.69) is 45.8 Å². The third-order valence-corrected chi connectivity index (χ3v) is 3.72. The van der Waals surface area contributed by atoms with E-state index < -0.39 is 0 Å². The summed E-state index contributed by atoms with van der Waals surface area (Å²) in [4.78, 5) is 4.26. The fourth-order valence-electron chi connectivity index (χ4n) is 2.56. The Balaban J connectivity index is 0.00000312. The smallest absolute Gasteiger partial charge is 0.191 e. The van der Waals surface area contributed by atoms with Gasteiger partial charge in [-0.1, -0.05) is 18.2 Å². The minimum Gasteiger partial charge on any atom is -0.385 e. The van der Waals surface area contributed by atoms with Gasteiger partial charge in [0.2, 0.25) is 0 Å². The summed E-state index contributed by atoms with van der Waals surface area (Å²) in [5.74, 6) is 0.786. The van der Waals surface area contributed by atoms with E-state index in [0.29, 0.717) is 6.54 Å². The largest absolute Gasteiger partial charge is 0.385 e. The maximum absolute atomic E-state index is 5.05. The number of aromatic nitrogens is 2. The zero-order valence-corrected chi connectivity index (χ0v) is 17.7. The number of nitrogens with one attached hydrogen (secondary N) is 2. The Morgan fingerprint density at radius 2 is 2.00 bits per heavy atom. The first-order valence-corrected chi connectivity index (χ1v) is 8.20. The van der Waals surface area contributed by atoms with Crippen LogP contribution in [0, 0.1) is 13.8 Å². The fourth-order valence-corrected chi connectivity index (χ4v) is 2.56. The molecule has 1 heterocycles. The summed E-state index contributed by atoms with van der Waals surface area (Å²) in [6.07, 6.45) is 0.944. The minimum atomic E-state index is 0. The normalized spacial score (nSPS) is 11.1. The Morgan fingerprint density at radius 3 is 2.64 bits per heavy atom. The predicted octanol–water partition coefficient (Wildman–Crippen LogP) is 2.81. The maximum Gasteiger partial charge on any atom is 0.191 e. The number of guanidine groups is 1. The lowest BCUT2D eigenvalue weighted by Crippen LogP contribution is -2.37. The van der Waals surface area contributed by atoms with Crippen molar-refractivity contribution in [2.24, 2.45) is 4.99 Å². The Morgan fingerprint density at radius 1 is 1.24 bits per heavy atom. The molecule has 25 heavy (non-hydrogen) atoms. The second-order valence-electron chi connectivity index (χ2n) is 5.67. The van der Waals surface area contributed by atoms with E-state index >= 15 is 0 Å². The van der Waals surface area contributed by atoms with Crippen LogP contribution >= 0.6 is 24.0 Å². The summed E-state index contributed by atoms with van der Waals surface area (Å²) in [5.41, 5.74) is 4.40. The number of para-hydroxylation sites is 1. The first-order valence-electron chi connectivity index (χ1n) is 8.20. The summed E-state index contributed by atoms with van der Waals surface area (Å²) in [6.45, 7) is 6.33. The quantitative estimate of drug-likeness (QED) is 0.291. The van der Waals surface area contributed by atoms with Crippen LogP contribution in [0.15, 0.2) is 35.3 Å². The lowest BCUT2D eigenvalue weighted by Gasteiger charge is -2.15. The molecule has 2 aromatic rings. The van der Waals surface area contributed by atoms with Crippen molar-refractivity contribution >= 4 is 29.9 Å². The molecule has 6 nitrogen and oxygen atoms in total. The Labute approximate surface area is 167 Å². The van der Waals surface area contributed by atoms with Crippen LogP contribution in [-0.2, 0) is 11.3 Å². The molecule has 2 N–H and O–H groups in total. The third-order valence-electron chi connectivity index (χ3n) is 3.72. The lowest BCUT2D eigenvalue weighted by molar-refractivity contribution is 0.195. The van der Waals surface area contributed by atoms with Gasteiger partial charge >= 0.3 is 0 Å². The molecule has 0 saturated carbocycles. The molecule has 138 valence electrons. The number of aliphatic imine (C=N–C) groups is 1. The van der Waals surface area contributed by atoms with E-state index in [1.165, 1.54) is 5.56 Å². The highest BCUT2D eigenvalue weighted by atomic mass is 127. The zero-order chi connectivity index (χ0) is 17.4. The molecule has 0 saturated heterocycles. The second kappa shape index (κ2) is 11.1. The summed E-state index contributed by atoms with van der Waals surface area (Å²) in [6, 6.07) is 10.4. The average Bonchev–Trinajstić information content (AvgIpc) is 2.93. The summed E-state index contributed by atoms with van der Waals surface area (Å²) in [5, 5.41) is 11.2. The van der Waals surface area contributed by atoms with Crippen molar-refractivity contribution in [1.29, 1.82) is 0 Å². The summed E-state index contributed by atoms with van der Waals surface area (Å²) < 4.78 is 7.04. The van der Waals surface area contributed by atoms with Crippen molar-refractivity contribution in [2.75, 3.05) is 27.3 Å². The second-order valence-corrected chi connectivity index (χ2v) is 5.67. The van der Waals surface area contributed by atoms with Gasteiger partial charge in [-0.3, -0.25) is 4.99 Å². The lowest BCUT2D eigenvalue weighted by atomic mass is 10.1. The minimum absolute atomic E-state index is 0. The van der Waals surface area contributed by atoms with Crippen molar-refractivity contribution < 1.29 is 4.74 Å². The van der Waals surface area contributed by atoms with Gasteiger partial charge in [-0.05, 0) is 38.0 Å². The molecule has 0 fully saturated rings. The predicted molar refractivity (Wildman–Crippen MR) is 113 cm³/mol. The molecule has 0 aliphatic heterocycles. The number of nitrogens with zero attached hydrogens (tertiary/aromatic N) is 3. The van der Waals surface area contributed by atoms with Crippen LogP contribution in [0.4, 0.5) is 0 Å². The number of hydrogen-bond acceptors (Lipinski definition) is 3. The molecular weight excluding hydrogens is 429 g/mol. The Hall–Kier alpha value is -1.61. The fraction of sp³-hybridized carbons (Fsp3) is 0.444. The van der Waals surface area contributed by atoms with Crippen LogP contribution in [0.3, 0.4) is 0 Å². The highest BCUT2D eigenvalue weighted by molar-refractivity contribution is 14.0. The van der Waals surface area contributed by atoms with Gasteiger partial charge in [0, 0.05) is 39.5 Å². The van der Waals surface area contributed by atoms with Gasteiger partial charge in [0.1, 0.15) is 0 Å². The SMILES string of the molecule is CN=C(NCCCOC)NCc1ccccc1-n1nc(C)cc1C.I. The molecular formula is C18H28IN5O. The van der Waals surface area contributed by atoms with Gasteiger partial charge in [0.05, 0.1) is 11.4 Å². The van der Waals surface area contributed by atoms with Crippen LogP contribution < -0.4 is 10.6 Å². The van der Waals surface area contributed by atoms with Gasteiger partial charge in [-0.25, -0.2) is 4.68 Å². The van der Waals surface area contributed by atoms with Crippen LogP contribution in [0.25, 0.3) is 5.69 Å².